The van der Waals surface area contributed by atoms with Crippen molar-refractivity contribution in [1.29, 1.82) is 0 Å². The zero-order valence-corrected chi connectivity index (χ0v) is 24.1. The Morgan fingerprint density at radius 2 is 0.773 bits per heavy atom. The van der Waals surface area contributed by atoms with Crippen LogP contribution in [0.15, 0.2) is 170 Å². The van der Waals surface area contributed by atoms with Crippen molar-refractivity contribution >= 4 is 43.6 Å². The minimum absolute atomic E-state index is 1.14. The monoisotopic (exact) mass is 560 g/mol. The first kappa shape index (κ1) is 24.7. The first-order valence-electron chi connectivity index (χ1n) is 15.1. The topological polar surface area (TPSA) is 9.86 Å². The predicted molar refractivity (Wildman–Crippen MR) is 186 cm³/mol. The molecular formula is C42H28N2. The maximum atomic E-state index is 2.46. The fourth-order valence-electron chi connectivity index (χ4n) is 6.97. The minimum Gasteiger partial charge on any atom is -0.309 e. The van der Waals surface area contributed by atoms with Gasteiger partial charge in [0.25, 0.3) is 0 Å². The summed E-state index contributed by atoms with van der Waals surface area (Å²) in [5, 5.41) is 5.04. The van der Waals surface area contributed by atoms with Gasteiger partial charge in [-0.1, -0.05) is 121 Å². The summed E-state index contributed by atoms with van der Waals surface area (Å²) in [6.07, 6.45) is 0. The summed E-state index contributed by atoms with van der Waals surface area (Å²) in [6.45, 7) is 0. The second kappa shape index (κ2) is 9.86. The van der Waals surface area contributed by atoms with Gasteiger partial charge in [-0.05, 0) is 65.2 Å². The van der Waals surface area contributed by atoms with Gasteiger partial charge < -0.3 is 9.13 Å². The molecule has 2 nitrogen and oxygen atoms in total. The summed E-state index contributed by atoms with van der Waals surface area (Å²) in [4.78, 5) is 0. The van der Waals surface area contributed by atoms with E-state index in [4.69, 9.17) is 0 Å². The van der Waals surface area contributed by atoms with Crippen LogP contribution in [0.1, 0.15) is 0 Å². The minimum atomic E-state index is 1.14. The first-order valence-corrected chi connectivity index (χ1v) is 15.1. The van der Waals surface area contributed by atoms with Gasteiger partial charge in [-0.2, -0.15) is 0 Å². The normalized spacial score (nSPS) is 11.6. The zero-order valence-electron chi connectivity index (χ0n) is 24.1. The van der Waals surface area contributed by atoms with E-state index < -0.39 is 0 Å². The number of aromatic nitrogens is 2. The Bertz CT molecular complexity index is 2430. The average molecular weight is 561 g/mol. The van der Waals surface area contributed by atoms with Crippen LogP contribution in [0.4, 0.5) is 0 Å². The van der Waals surface area contributed by atoms with Crippen molar-refractivity contribution in [1.82, 2.24) is 9.13 Å². The van der Waals surface area contributed by atoms with E-state index in [1.54, 1.807) is 0 Å². The van der Waals surface area contributed by atoms with E-state index in [-0.39, 0.29) is 0 Å². The molecule has 0 fully saturated rings. The molecule has 0 atom stereocenters. The van der Waals surface area contributed by atoms with Crippen LogP contribution in [0.25, 0.3) is 77.2 Å². The molecule has 0 aliphatic heterocycles. The lowest BCUT2D eigenvalue weighted by Crippen LogP contribution is -1.99. The third-order valence-corrected chi connectivity index (χ3v) is 8.89. The highest BCUT2D eigenvalue weighted by molar-refractivity contribution is 6.15. The van der Waals surface area contributed by atoms with Crippen molar-refractivity contribution in [3.05, 3.63) is 170 Å². The number of hydrogen-bond donors (Lipinski definition) is 0. The summed E-state index contributed by atoms with van der Waals surface area (Å²) in [7, 11) is 0. The molecule has 9 aromatic rings. The Hall–Kier alpha value is -5.86. The molecule has 9 rings (SSSR count). The van der Waals surface area contributed by atoms with Crippen molar-refractivity contribution in [3.8, 4) is 33.6 Å². The molecule has 0 amide bonds. The van der Waals surface area contributed by atoms with Crippen molar-refractivity contribution in [2.45, 2.75) is 0 Å². The van der Waals surface area contributed by atoms with Crippen LogP contribution in [-0.4, -0.2) is 9.13 Å². The Labute approximate surface area is 255 Å². The average Bonchev–Trinajstić information content (AvgIpc) is 3.62. The Kier molecular flexibility index (Phi) is 5.54. The number of fused-ring (bicyclic) bond motifs is 6. The molecule has 2 aromatic heterocycles. The van der Waals surface area contributed by atoms with E-state index in [2.05, 4.69) is 179 Å². The molecule has 0 unspecified atom stereocenters. The van der Waals surface area contributed by atoms with Crippen molar-refractivity contribution in [3.63, 3.8) is 0 Å². The van der Waals surface area contributed by atoms with E-state index in [0.29, 0.717) is 0 Å². The van der Waals surface area contributed by atoms with Crippen LogP contribution in [0.3, 0.4) is 0 Å². The summed E-state index contributed by atoms with van der Waals surface area (Å²) < 4.78 is 4.85. The van der Waals surface area contributed by atoms with E-state index in [9.17, 15) is 0 Å². The molecule has 0 aliphatic rings. The van der Waals surface area contributed by atoms with Gasteiger partial charge in [0.15, 0.2) is 0 Å². The number of benzene rings is 7. The van der Waals surface area contributed by atoms with Crippen molar-refractivity contribution in [2.24, 2.45) is 0 Å². The molecule has 0 bridgehead atoms. The highest BCUT2D eigenvalue weighted by Crippen LogP contribution is 2.41. The van der Waals surface area contributed by atoms with Gasteiger partial charge in [-0.15, -0.1) is 0 Å². The maximum Gasteiger partial charge on any atom is 0.0619 e. The quantitative estimate of drug-likeness (QED) is 0.203. The smallest absolute Gasteiger partial charge is 0.0619 e. The standard InChI is InChI=1S/C42H28N2/c1-3-14-29(15-4-1)31-26-37(30-16-5-2-6-17-30)42-38(27-31)36-22-9-12-25-41(36)44(42)33-19-13-18-32(28-33)43-39-23-10-7-20-34(39)35-21-8-11-24-40(35)43/h1-28H. The summed E-state index contributed by atoms with van der Waals surface area (Å²) in [5.74, 6) is 0. The van der Waals surface area contributed by atoms with E-state index in [0.717, 1.165) is 11.4 Å². The second-order valence-corrected chi connectivity index (χ2v) is 11.4. The fourth-order valence-corrected chi connectivity index (χ4v) is 6.97. The van der Waals surface area contributed by atoms with Crippen LogP contribution in [0, 0.1) is 0 Å². The predicted octanol–water partition coefficient (Wildman–Crippen LogP) is 11.2. The fraction of sp³-hybridized carbons (Fsp3) is 0. The van der Waals surface area contributed by atoms with Gasteiger partial charge in [0, 0.05) is 38.5 Å². The first-order chi connectivity index (χ1) is 21.8. The molecule has 2 heterocycles. The highest BCUT2D eigenvalue weighted by Gasteiger charge is 2.19. The largest absolute Gasteiger partial charge is 0.309 e. The third kappa shape index (κ3) is 3.75. The summed E-state index contributed by atoms with van der Waals surface area (Å²) in [6, 6.07) is 61.4. The van der Waals surface area contributed by atoms with Gasteiger partial charge in [0.1, 0.15) is 0 Å². The molecule has 0 aliphatic carbocycles. The second-order valence-electron chi connectivity index (χ2n) is 11.4. The molecule has 0 N–H and O–H groups in total. The Balaban J connectivity index is 1.37. The summed E-state index contributed by atoms with van der Waals surface area (Å²) in [5.41, 5.74) is 12.0. The number of rotatable bonds is 4. The van der Waals surface area contributed by atoms with Crippen molar-refractivity contribution in [2.75, 3.05) is 0 Å². The molecule has 0 radical (unpaired) electrons. The molecule has 206 valence electrons. The van der Waals surface area contributed by atoms with Gasteiger partial charge in [0.05, 0.1) is 22.1 Å². The van der Waals surface area contributed by atoms with E-state index in [1.165, 1.54) is 65.9 Å². The summed E-state index contributed by atoms with van der Waals surface area (Å²) >= 11 is 0. The van der Waals surface area contributed by atoms with Gasteiger partial charge in [-0.3, -0.25) is 0 Å². The number of para-hydroxylation sites is 3. The lowest BCUT2D eigenvalue weighted by atomic mass is 9.95. The van der Waals surface area contributed by atoms with E-state index >= 15 is 0 Å². The maximum absolute atomic E-state index is 2.46. The lowest BCUT2D eigenvalue weighted by molar-refractivity contribution is 1.13. The van der Waals surface area contributed by atoms with Crippen LogP contribution in [0.5, 0.6) is 0 Å². The molecule has 2 heteroatoms. The van der Waals surface area contributed by atoms with Crippen molar-refractivity contribution < 1.29 is 0 Å². The molecule has 0 spiro atoms. The van der Waals surface area contributed by atoms with Gasteiger partial charge >= 0.3 is 0 Å². The van der Waals surface area contributed by atoms with Crippen LogP contribution in [-0.2, 0) is 0 Å². The Morgan fingerprint density at radius 3 is 1.39 bits per heavy atom. The molecule has 7 aromatic carbocycles. The van der Waals surface area contributed by atoms with Crippen LogP contribution >= 0.6 is 0 Å². The number of nitrogens with zero attached hydrogens (tertiary/aromatic N) is 2. The molecule has 0 saturated carbocycles. The Morgan fingerprint density at radius 1 is 0.295 bits per heavy atom. The zero-order chi connectivity index (χ0) is 29.0. The molecular weight excluding hydrogens is 532 g/mol. The highest BCUT2D eigenvalue weighted by atomic mass is 15.0. The molecule has 44 heavy (non-hydrogen) atoms. The van der Waals surface area contributed by atoms with Gasteiger partial charge in [-0.25, -0.2) is 0 Å². The van der Waals surface area contributed by atoms with Gasteiger partial charge in [0.2, 0.25) is 0 Å². The van der Waals surface area contributed by atoms with E-state index in [1.807, 2.05) is 0 Å². The SMILES string of the molecule is c1ccc(-c2cc(-c3ccccc3)c3c(c2)c2ccccc2n3-c2cccc(-n3c4ccccc4c4ccccc43)c2)cc1. The number of hydrogen-bond acceptors (Lipinski definition) is 0. The lowest BCUT2D eigenvalue weighted by Gasteiger charge is -2.15. The van der Waals surface area contributed by atoms with Crippen LogP contribution < -0.4 is 0 Å². The van der Waals surface area contributed by atoms with Crippen LogP contribution in [0.2, 0.25) is 0 Å². The third-order valence-electron chi connectivity index (χ3n) is 8.89. The molecule has 0 saturated heterocycles.